The van der Waals surface area contributed by atoms with Crippen LogP contribution in [0.2, 0.25) is 0 Å². The van der Waals surface area contributed by atoms with Crippen LogP contribution in [0, 0.1) is 5.92 Å². The topological polar surface area (TPSA) is 0 Å². The Morgan fingerprint density at radius 2 is 1.82 bits per heavy atom. The van der Waals surface area contributed by atoms with E-state index in [0.717, 1.165) is 5.92 Å². The summed E-state index contributed by atoms with van der Waals surface area (Å²) in [5, 5.41) is 3.44. The Morgan fingerprint density at radius 3 is 2.55 bits per heavy atom. The van der Waals surface area contributed by atoms with Crippen molar-refractivity contribution in [2.75, 3.05) is 0 Å². The maximum atomic E-state index is 2.60. The summed E-state index contributed by atoms with van der Waals surface area (Å²) in [5.41, 5.74) is 3.47. The average molecular weight is 311 g/mol. The maximum absolute atomic E-state index is 2.60. The Bertz CT molecular complexity index is 532. The molecule has 1 aromatic carbocycles. The molecule has 0 aliphatic heterocycles. The first-order valence-electron chi connectivity index (χ1n) is 9.29. The normalized spacial score (nSPS) is 20.1. The van der Waals surface area contributed by atoms with Crippen LogP contribution in [0.4, 0.5) is 0 Å². The van der Waals surface area contributed by atoms with E-state index in [1.165, 1.54) is 57.8 Å². The van der Waals surface area contributed by atoms with E-state index >= 15 is 0 Å². The van der Waals surface area contributed by atoms with Crippen LogP contribution in [0.5, 0.6) is 0 Å². The third kappa shape index (κ3) is 4.22. The van der Waals surface area contributed by atoms with Gasteiger partial charge in [-0.2, -0.15) is 0 Å². The van der Waals surface area contributed by atoms with Gasteiger partial charge in [-0.25, -0.2) is 0 Å². The van der Waals surface area contributed by atoms with Crippen molar-refractivity contribution >= 4 is 14.7 Å². The highest BCUT2D eigenvalue weighted by atomic mass is 28.2. The number of hydrogen-bond acceptors (Lipinski definition) is 0. The van der Waals surface area contributed by atoms with E-state index in [-0.39, 0.29) is 9.52 Å². The molecule has 22 heavy (non-hydrogen) atoms. The summed E-state index contributed by atoms with van der Waals surface area (Å²) < 4.78 is 0. The minimum absolute atomic E-state index is 0.245. The van der Waals surface area contributed by atoms with Crippen molar-refractivity contribution in [1.29, 1.82) is 0 Å². The molecule has 1 fully saturated rings. The molecule has 2 aliphatic carbocycles. The largest absolute Gasteiger partial charge is 0.0832 e. The van der Waals surface area contributed by atoms with Crippen LogP contribution >= 0.6 is 0 Å². The summed E-state index contributed by atoms with van der Waals surface area (Å²) in [6.07, 6.45) is 15.3. The molecule has 0 saturated heterocycles. The number of allylic oxidation sites excluding steroid dienone is 4. The van der Waals surface area contributed by atoms with Gasteiger partial charge in [-0.15, -0.1) is 0 Å². The molecule has 0 radical (unpaired) electrons. The summed E-state index contributed by atoms with van der Waals surface area (Å²) in [6, 6.07) is 11.2. The van der Waals surface area contributed by atoms with Crippen molar-refractivity contribution in [3.8, 4) is 0 Å². The Kier molecular flexibility index (Phi) is 5.72. The molecular weight excluding hydrogens is 280 g/mol. The van der Waals surface area contributed by atoms with Crippen molar-refractivity contribution in [3.63, 3.8) is 0 Å². The third-order valence-electron chi connectivity index (χ3n) is 5.33. The van der Waals surface area contributed by atoms with E-state index in [2.05, 4.69) is 43.3 Å². The molecule has 118 valence electrons. The lowest BCUT2D eigenvalue weighted by Crippen LogP contribution is -2.16. The van der Waals surface area contributed by atoms with E-state index in [1.807, 2.05) is 5.20 Å². The molecule has 0 unspecified atom stereocenters. The molecule has 0 spiro atoms. The first kappa shape index (κ1) is 15.8. The zero-order valence-corrected chi connectivity index (χ0v) is 15.5. The first-order valence-corrected chi connectivity index (χ1v) is 10.7. The summed E-state index contributed by atoms with van der Waals surface area (Å²) >= 11 is 0. The SMILES string of the molecule is CCCC1=C([SiH2]c2ccccc2)CC(CC2CCCCC2)=C1. The Balaban J connectivity index is 1.64. The molecule has 2 aliphatic rings. The predicted octanol–water partition coefficient (Wildman–Crippen LogP) is 4.84. The maximum Gasteiger partial charge on any atom is 0.0832 e. The average Bonchev–Trinajstić information content (AvgIpc) is 2.91. The molecule has 1 heteroatoms. The molecule has 1 aromatic rings. The summed E-state index contributed by atoms with van der Waals surface area (Å²) in [7, 11) is -0.245. The van der Waals surface area contributed by atoms with Gasteiger partial charge in [0.2, 0.25) is 0 Å². The Morgan fingerprint density at radius 1 is 1.05 bits per heavy atom. The fourth-order valence-electron chi connectivity index (χ4n) is 4.22. The van der Waals surface area contributed by atoms with Crippen molar-refractivity contribution in [1.82, 2.24) is 0 Å². The number of rotatable bonds is 6. The summed E-state index contributed by atoms with van der Waals surface area (Å²) in [5.74, 6) is 0.987. The van der Waals surface area contributed by atoms with Crippen molar-refractivity contribution < 1.29 is 0 Å². The van der Waals surface area contributed by atoms with E-state index in [4.69, 9.17) is 0 Å². The molecule has 3 rings (SSSR count). The van der Waals surface area contributed by atoms with Gasteiger partial charge < -0.3 is 0 Å². The molecule has 0 atom stereocenters. The highest BCUT2D eigenvalue weighted by Crippen LogP contribution is 2.35. The van der Waals surface area contributed by atoms with Gasteiger partial charge in [0, 0.05) is 0 Å². The highest BCUT2D eigenvalue weighted by Gasteiger charge is 2.20. The monoisotopic (exact) mass is 310 g/mol. The standard InChI is InChI=1S/C21H30Si/c1-2-9-19-15-18(14-17-10-5-3-6-11-17)16-21(19)22-20-12-7-4-8-13-20/h4,7-8,12-13,15,17H,2-3,5-6,9-11,14,16,22H2,1H3. The third-order valence-corrected chi connectivity index (χ3v) is 7.34. The molecule has 0 amide bonds. The van der Waals surface area contributed by atoms with E-state index in [1.54, 1.807) is 16.3 Å². The van der Waals surface area contributed by atoms with E-state index in [0.29, 0.717) is 0 Å². The van der Waals surface area contributed by atoms with Gasteiger partial charge in [0.15, 0.2) is 0 Å². The van der Waals surface area contributed by atoms with Gasteiger partial charge >= 0.3 is 0 Å². The molecule has 0 bridgehead atoms. The lowest BCUT2D eigenvalue weighted by atomic mass is 9.84. The molecule has 0 heterocycles. The molecule has 0 N–H and O–H groups in total. The van der Waals surface area contributed by atoms with Gasteiger partial charge in [-0.1, -0.05) is 103 Å². The van der Waals surface area contributed by atoms with Crippen LogP contribution < -0.4 is 5.19 Å². The van der Waals surface area contributed by atoms with Crippen LogP contribution in [-0.4, -0.2) is 9.52 Å². The summed E-state index contributed by atoms with van der Waals surface area (Å²) in [6.45, 7) is 2.32. The van der Waals surface area contributed by atoms with Crippen LogP contribution in [0.3, 0.4) is 0 Å². The van der Waals surface area contributed by atoms with E-state index in [9.17, 15) is 0 Å². The van der Waals surface area contributed by atoms with Gasteiger partial charge in [-0.3, -0.25) is 0 Å². The van der Waals surface area contributed by atoms with Gasteiger partial charge in [-0.05, 0) is 25.2 Å². The Labute approximate surface area is 138 Å². The minimum atomic E-state index is -0.245. The summed E-state index contributed by atoms with van der Waals surface area (Å²) in [4.78, 5) is 0. The zero-order chi connectivity index (χ0) is 15.2. The lowest BCUT2D eigenvalue weighted by Gasteiger charge is -2.22. The van der Waals surface area contributed by atoms with Crippen LogP contribution in [-0.2, 0) is 0 Å². The fraction of sp³-hybridized carbons (Fsp3) is 0.524. The van der Waals surface area contributed by atoms with Crippen molar-refractivity contribution in [2.45, 2.75) is 64.7 Å². The molecule has 1 saturated carbocycles. The van der Waals surface area contributed by atoms with Crippen LogP contribution in [0.15, 0.2) is 52.8 Å². The second kappa shape index (κ2) is 7.96. The second-order valence-electron chi connectivity index (χ2n) is 7.23. The van der Waals surface area contributed by atoms with Crippen LogP contribution in [0.1, 0.15) is 64.7 Å². The van der Waals surface area contributed by atoms with Crippen LogP contribution in [0.25, 0.3) is 0 Å². The molecule has 0 aromatic heterocycles. The van der Waals surface area contributed by atoms with Crippen molar-refractivity contribution in [2.24, 2.45) is 5.92 Å². The molecular formula is C21H30Si. The van der Waals surface area contributed by atoms with Crippen molar-refractivity contribution in [3.05, 3.63) is 52.8 Å². The zero-order valence-electron chi connectivity index (χ0n) is 14.1. The minimum Gasteiger partial charge on any atom is -0.0755 e. The highest BCUT2D eigenvalue weighted by molar-refractivity contribution is 6.61. The number of benzene rings is 1. The fourth-order valence-corrected chi connectivity index (χ4v) is 6.17. The second-order valence-corrected chi connectivity index (χ2v) is 9.25. The quantitative estimate of drug-likeness (QED) is 0.660. The molecule has 0 nitrogen and oxygen atoms in total. The van der Waals surface area contributed by atoms with Gasteiger partial charge in [0.25, 0.3) is 0 Å². The van der Waals surface area contributed by atoms with E-state index < -0.39 is 0 Å². The lowest BCUT2D eigenvalue weighted by molar-refractivity contribution is 0.355. The van der Waals surface area contributed by atoms with Gasteiger partial charge in [0.1, 0.15) is 0 Å². The Hall–Kier alpha value is -1.08. The predicted molar refractivity (Wildman–Crippen MR) is 100 cm³/mol. The smallest absolute Gasteiger partial charge is 0.0755 e. The van der Waals surface area contributed by atoms with Gasteiger partial charge in [0.05, 0.1) is 9.52 Å². The number of hydrogen-bond donors (Lipinski definition) is 0. The first-order chi connectivity index (χ1) is 10.8.